The van der Waals surface area contributed by atoms with Crippen LogP contribution < -0.4 is 5.73 Å². The number of hydrogen-bond acceptors (Lipinski definition) is 6. The summed E-state index contributed by atoms with van der Waals surface area (Å²) in [5.41, 5.74) is 6.06. The lowest BCUT2D eigenvalue weighted by molar-refractivity contribution is 0.0914. The summed E-state index contributed by atoms with van der Waals surface area (Å²) in [6, 6.07) is 0.696. The molecule has 0 spiro atoms. The smallest absolute Gasteiger partial charge is 0.209 e. The van der Waals surface area contributed by atoms with Crippen molar-refractivity contribution in [2.24, 2.45) is 5.73 Å². The molecule has 1 saturated heterocycles. The Bertz CT molecular complexity index is 367. The van der Waals surface area contributed by atoms with Crippen molar-refractivity contribution in [2.75, 3.05) is 13.2 Å². The van der Waals surface area contributed by atoms with Crippen LogP contribution in [0.2, 0.25) is 0 Å². The molecule has 0 radical (unpaired) electrons. The fourth-order valence-electron chi connectivity index (χ4n) is 1.80. The predicted octanol–water partition coefficient (Wildman–Crippen LogP) is 0.216. The maximum atomic E-state index is 6.06. The molecule has 6 nitrogen and oxygen atoms in total. The average molecular weight is 241 g/mol. The van der Waals surface area contributed by atoms with Gasteiger partial charge in [-0.1, -0.05) is 11.8 Å². The van der Waals surface area contributed by atoms with Crippen LogP contribution in [-0.4, -0.2) is 44.7 Å². The largest absolute Gasteiger partial charge is 0.380 e. The maximum absolute atomic E-state index is 6.06. The van der Waals surface area contributed by atoms with Gasteiger partial charge in [0.15, 0.2) is 0 Å². The number of tetrazole rings is 1. The lowest BCUT2D eigenvalue weighted by Crippen LogP contribution is -2.41. The summed E-state index contributed by atoms with van der Waals surface area (Å²) in [7, 11) is 0. The number of thioether (sulfide) groups is 1. The summed E-state index contributed by atoms with van der Waals surface area (Å²) >= 11 is 1.65. The summed E-state index contributed by atoms with van der Waals surface area (Å²) in [6.07, 6.45) is 3.29. The summed E-state index contributed by atoms with van der Waals surface area (Å²) in [5.74, 6) is 0. The first kappa shape index (κ1) is 10.5. The molecule has 2 unspecified atom stereocenters. The van der Waals surface area contributed by atoms with Gasteiger partial charge in [0, 0.05) is 12.6 Å². The van der Waals surface area contributed by atoms with Gasteiger partial charge in [-0.15, -0.1) is 5.10 Å². The minimum atomic E-state index is 0.183. The van der Waals surface area contributed by atoms with Crippen molar-refractivity contribution in [3.05, 3.63) is 0 Å². The van der Waals surface area contributed by atoms with Crippen molar-refractivity contribution < 1.29 is 4.74 Å². The number of rotatable bonds is 3. The zero-order chi connectivity index (χ0) is 11.0. The second kappa shape index (κ2) is 4.31. The molecule has 2 N–H and O–H groups in total. The molecule has 1 aliphatic heterocycles. The first-order valence-electron chi connectivity index (χ1n) is 5.62. The lowest BCUT2D eigenvalue weighted by Gasteiger charge is -2.27. The molecule has 16 heavy (non-hydrogen) atoms. The standard InChI is InChI=1S/C9H15N5OS/c10-7-3-4-15-5-8(7)16-9-11-12-13-14(9)6-1-2-6/h6-8H,1-5,10H2. The molecular formula is C9H15N5OS. The zero-order valence-electron chi connectivity index (χ0n) is 8.95. The van der Waals surface area contributed by atoms with Crippen LogP contribution in [0.4, 0.5) is 0 Å². The van der Waals surface area contributed by atoms with Crippen LogP contribution in [0.25, 0.3) is 0 Å². The van der Waals surface area contributed by atoms with Gasteiger partial charge in [0.05, 0.1) is 17.9 Å². The molecule has 1 aromatic rings. The number of nitrogens with two attached hydrogens (primary N) is 1. The van der Waals surface area contributed by atoms with Crippen molar-refractivity contribution in [1.82, 2.24) is 20.2 Å². The van der Waals surface area contributed by atoms with Crippen molar-refractivity contribution >= 4 is 11.8 Å². The highest BCUT2D eigenvalue weighted by Gasteiger charge is 2.31. The zero-order valence-corrected chi connectivity index (χ0v) is 9.77. The highest BCUT2D eigenvalue weighted by atomic mass is 32.2. The molecule has 0 aromatic carbocycles. The van der Waals surface area contributed by atoms with E-state index in [1.807, 2.05) is 4.68 Å². The minimum absolute atomic E-state index is 0.183. The van der Waals surface area contributed by atoms with Crippen molar-refractivity contribution in [1.29, 1.82) is 0 Å². The normalized spacial score (nSPS) is 30.6. The first-order valence-corrected chi connectivity index (χ1v) is 6.50. The maximum Gasteiger partial charge on any atom is 0.209 e. The van der Waals surface area contributed by atoms with E-state index in [2.05, 4.69) is 15.5 Å². The van der Waals surface area contributed by atoms with Gasteiger partial charge in [-0.05, 0) is 29.7 Å². The Morgan fingerprint density at radius 2 is 2.25 bits per heavy atom. The number of hydrogen-bond donors (Lipinski definition) is 1. The molecular weight excluding hydrogens is 226 g/mol. The van der Waals surface area contributed by atoms with Crippen LogP contribution >= 0.6 is 11.8 Å². The monoisotopic (exact) mass is 241 g/mol. The molecule has 0 amide bonds. The summed E-state index contributed by atoms with van der Waals surface area (Å²) in [5, 5.41) is 13.0. The van der Waals surface area contributed by atoms with Gasteiger partial charge in [0.25, 0.3) is 0 Å². The quantitative estimate of drug-likeness (QED) is 0.815. The van der Waals surface area contributed by atoms with E-state index in [0.29, 0.717) is 12.6 Å². The number of nitrogens with zero attached hydrogens (tertiary/aromatic N) is 4. The molecule has 1 saturated carbocycles. The summed E-state index contributed by atoms with van der Waals surface area (Å²) in [4.78, 5) is 0. The van der Waals surface area contributed by atoms with Crippen LogP contribution in [0.5, 0.6) is 0 Å². The van der Waals surface area contributed by atoms with E-state index in [9.17, 15) is 0 Å². The minimum Gasteiger partial charge on any atom is -0.380 e. The van der Waals surface area contributed by atoms with E-state index in [1.54, 1.807) is 11.8 Å². The second-order valence-electron chi connectivity index (χ2n) is 4.32. The topological polar surface area (TPSA) is 78.8 Å². The number of aromatic nitrogens is 4. The Morgan fingerprint density at radius 1 is 1.38 bits per heavy atom. The van der Waals surface area contributed by atoms with Crippen LogP contribution in [0.1, 0.15) is 25.3 Å². The van der Waals surface area contributed by atoms with E-state index in [-0.39, 0.29) is 11.3 Å². The Morgan fingerprint density at radius 3 is 3.00 bits per heavy atom. The van der Waals surface area contributed by atoms with Crippen LogP contribution in [-0.2, 0) is 4.74 Å². The van der Waals surface area contributed by atoms with Crippen LogP contribution in [0.3, 0.4) is 0 Å². The van der Waals surface area contributed by atoms with Gasteiger partial charge in [-0.3, -0.25) is 0 Å². The SMILES string of the molecule is NC1CCOCC1Sc1nnnn1C1CC1. The van der Waals surface area contributed by atoms with E-state index in [4.69, 9.17) is 10.5 Å². The van der Waals surface area contributed by atoms with Crippen molar-refractivity contribution in [3.8, 4) is 0 Å². The van der Waals surface area contributed by atoms with E-state index in [0.717, 1.165) is 18.2 Å². The van der Waals surface area contributed by atoms with Gasteiger partial charge in [-0.2, -0.15) is 0 Å². The molecule has 2 fully saturated rings. The van der Waals surface area contributed by atoms with Gasteiger partial charge in [0.2, 0.25) is 5.16 Å². The van der Waals surface area contributed by atoms with E-state index in [1.165, 1.54) is 12.8 Å². The fraction of sp³-hybridized carbons (Fsp3) is 0.889. The molecule has 2 atom stereocenters. The molecule has 1 aromatic heterocycles. The third-order valence-corrected chi connectivity index (χ3v) is 4.24. The number of ether oxygens (including phenoxy) is 1. The molecule has 2 heterocycles. The van der Waals surface area contributed by atoms with Gasteiger partial charge in [0.1, 0.15) is 0 Å². The van der Waals surface area contributed by atoms with Gasteiger partial charge >= 0.3 is 0 Å². The Balaban J connectivity index is 1.70. The summed E-state index contributed by atoms with van der Waals surface area (Å²) < 4.78 is 7.36. The predicted molar refractivity (Wildman–Crippen MR) is 59.1 cm³/mol. The highest BCUT2D eigenvalue weighted by molar-refractivity contribution is 7.99. The highest BCUT2D eigenvalue weighted by Crippen LogP contribution is 2.37. The van der Waals surface area contributed by atoms with E-state index < -0.39 is 0 Å². The Kier molecular flexibility index (Phi) is 2.82. The average Bonchev–Trinajstić information content (AvgIpc) is 3.03. The fourth-order valence-corrected chi connectivity index (χ4v) is 2.92. The summed E-state index contributed by atoms with van der Waals surface area (Å²) in [6.45, 7) is 1.47. The van der Waals surface area contributed by atoms with Crippen molar-refractivity contribution in [2.45, 2.75) is 41.8 Å². The third-order valence-electron chi connectivity index (χ3n) is 2.97. The van der Waals surface area contributed by atoms with Gasteiger partial charge in [-0.25, -0.2) is 4.68 Å². The molecule has 0 bridgehead atoms. The Labute approximate surface area is 97.9 Å². The third kappa shape index (κ3) is 2.07. The Hall–Kier alpha value is -0.660. The lowest BCUT2D eigenvalue weighted by atomic mass is 10.1. The molecule has 1 aliphatic carbocycles. The van der Waals surface area contributed by atoms with E-state index >= 15 is 0 Å². The molecule has 3 rings (SSSR count). The van der Waals surface area contributed by atoms with Crippen molar-refractivity contribution in [3.63, 3.8) is 0 Å². The molecule has 88 valence electrons. The first-order chi connectivity index (χ1) is 7.84. The molecule has 2 aliphatic rings. The van der Waals surface area contributed by atoms with Gasteiger partial charge < -0.3 is 10.5 Å². The van der Waals surface area contributed by atoms with Crippen LogP contribution in [0, 0.1) is 0 Å². The second-order valence-corrected chi connectivity index (χ2v) is 5.53. The molecule has 7 heteroatoms. The van der Waals surface area contributed by atoms with Crippen LogP contribution in [0.15, 0.2) is 5.16 Å².